The van der Waals surface area contributed by atoms with E-state index in [-0.39, 0.29) is 30.1 Å². The van der Waals surface area contributed by atoms with Gasteiger partial charge in [0.2, 0.25) is 0 Å². The quantitative estimate of drug-likeness (QED) is 0.126. The van der Waals surface area contributed by atoms with Gasteiger partial charge in [-0.15, -0.1) is 0 Å². The molecule has 2 aliphatic heterocycles. The van der Waals surface area contributed by atoms with Gasteiger partial charge < -0.3 is 31.3 Å². The van der Waals surface area contributed by atoms with Crippen LogP contribution in [-0.4, -0.2) is 46.0 Å². The number of ether oxygens (including phenoxy) is 1. The highest BCUT2D eigenvalue weighted by Crippen LogP contribution is 2.62. The maximum absolute atomic E-state index is 12.5. The number of nitrogens with two attached hydrogens (primary N) is 2. The summed E-state index contributed by atoms with van der Waals surface area (Å²) < 4.78 is 6.15. The molecule has 2 atom stereocenters. The van der Waals surface area contributed by atoms with Gasteiger partial charge in [-0.1, -0.05) is 69.4 Å². The van der Waals surface area contributed by atoms with Crippen molar-refractivity contribution < 1.29 is 19.7 Å². The normalized spacial score (nSPS) is 22.1. The van der Waals surface area contributed by atoms with Crippen molar-refractivity contribution in [1.29, 1.82) is 0 Å². The minimum atomic E-state index is -0.566. The van der Waals surface area contributed by atoms with Gasteiger partial charge in [0.1, 0.15) is 5.78 Å². The summed E-state index contributed by atoms with van der Waals surface area (Å²) in [5, 5.41) is 20.7. The van der Waals surface area contributed by atoms with Crippen molar-refractivity contribution >= 4 is 11.5 Å². The van der Waals surface area contributed by atoms with E-state index in [1.807, 2.05) is 18.2 Å². The number of phenolic OH excluding ortho intramolecular Hbond substituents is 1. The van der Waals surface area contributed by atoms with E-state index in [0.717, 1.165) is 48.9 Å². The number of aryl methyl sites for hydroxylation is 1. The third kappa shape index (κ3) is 7.35. The number of fused-ring (bicyclic) bond motifs is 1. The molecule has 2 saturated carbocycles. The lowest BCUT2D eigenvalue weighted by Crippen LogP contribution is -2.29. The summed E-state index contributed by atoms with van der Waals surface area (Å²) in [6.07, 6.45) is 16.7. The predicted molar refractivity (Wildman–Crippen MR) is 186 cm³/mol. The molecule has 4 aliphatic rings. The molecule has 2 fully saturated rings. The van der Waals surface area contributed by atoms with E-state index in [1.54, 1.807) is 6.07 Å². The first-order chi connectivity index (χ1) is 22.7. The molecule has 8 nitrogen and oxygen atoms in total. The molecule has 0 amide bonds. The molecule has 2 aliphatic carbocycles. The Bertz CT molecular complexity index is 1540. The number of aliphatic hydroxyl groups excluding tert-OH is 1. The third-order valence-electron chi connectivity index (χ3n) is 11.1. The first kappa shape index (κ1) is 33.4. The van der Waals surface area contributed by atoms with Crippen LogP contribution in [0.3, 0.4) is 0 Å². The number of Topliss-reactive ketones (excluding diaryl/α,β-unsaturated/α-hetero) is 1. The smallest absolute Gasteiger partial charge is 0.163 e. The second-order valence-electron chi connectivity index (χ2n) is 14.5. The fourth-order valence-corrected chi connectivity index (χ4v) is 8.48. The number of rotatable bonds is 15. The lowest BCUT2D eigenvalue weighted by Gasteiger charge is -2.35. The fourth-order valence-electron chi connectivity index (χ4n) is 8.48. The zero-order chi connectivity index (χ0) is 33.0. The van der Waals surface area contributed by atoms with Crippen molar-refractivity contribution in [3.63, 3.8) is 0 Å². The van der Waals surface area contributed by atoms with Crippen molar-refractivity contribution in [1.82, 2.24) is 4.90 Å². The van der Waals surface area contributed by atoms with Gasteiger partial charge in [0.15, 0.2) is 18.2 Å². The van der Waals surface area contributed by atoms with Crippen LogP contribution in [0.4, 0.5) is 0 Å². The Labute approximate surface area is 279 Å². The molecule has 6 rings (SSSR count). The molecule has 0 aromatic heterocycles. The molecule has 8 heteroatoms. The number of carbonyl (C=O) groups excluding carboxylic acids is 1. The molecule has 47 heavy (non-hydrogen) atoms. The Balaban J connectivity index is 1.12. The van der Waals surface area contributed by atoms with Crippen LogP contribution in [0.15, 0.2) is 71.0 Å². The van der Waals surface area contributed by atoms with Crippen LogP contribution in [0.5, 0.6) is 11.5 Å². The number of aliphatic imine (C=N–C) groups is 1. The highest BCUT2D eigenvalue weighted by atomic mass is 16.5. The van der Waals surface area contributed by atoms with Crippen LogP contribution in [-0.2, 0) is 16.6 Å². The lowest BCUT2D eigenvalue weighted by atomic mass is 9.68. The van der Waals surface area contributed by atoms with E-state index in [2.05, 4.69) is 42.4 Å². The number of hydrogen-bond acceptors (Lipinski definition) is 8. The molecule has 0 radical (unpaired) electrons. The van der Waals surface area contributed by atoms with E-state index in [9.17, 15) is 15.0 Å². The first-order valence-electron chi connectivity index (χ1n) is 17.7. The molecule has 0 bridgehead atoms. The minimum absolute atomic E-state index is 0.0564. The van der Waals surface area contributed by atoms with Crippen molar-refractivity contribution in [2.75, 3.05) is 13.3 Å². The number of unbranched alkanes of at least 4 members (excludes halogenated alkanes) is 2. The second-order valence-corrected chi connectivity index (χ2v) is 14.5. The number of aliphatic hydroxyl groups is 1. The van der Waals surface area contributed by atoms with Gasteiger partial charge in [0, 0.05) is 36.2 Å². The van der Waals surface area contributed by atoms with Crippen molar-refractivity contribution in [3.05, 3.63) is 82.7 Å². The maximum Gasteiger partial charge on any atom is 0.163 e. The Hall–Kier alpha value is -3.46. The van der Waals surface area contributed by atoms with Crippen LogP contribution in [0.25, 0.3) is 0 Å². The summed E-state index contributed by atoms with van der Waals surface area (Å²) in [7, 11) is 0. The van der Waals surface area contributed by atoms with E-state index in [4.69, 9.17) is 21.2 Å². The van der Waals surface area contributed by atoms with Gasteiger partial charge in [-0.3, -0.25) is 9.79 Å². The summed E-state index contributed by atoms with van der Waals surface area (Å²) in [5.41, 5.74) is 19.2. The number of aromatic hydroxyl groups is 1. The van der Waals surface area contributed by atoms with E-state index >= 15 is 0 Å². The lowest BCUT2D eigenvalue weighted by molar-refractivity contribution is -0.121. The number of ketones is 1. The average Bonchev–Trinajstić information content (AvgIpc) is 3.86. The highest BCUT2D eigenvalue weighted by Gasteiger charge is 2.53. The van der Waals surface area contributed by atoms with E-state index in [0.29, 0.717) is 37.0 Å². The number of phenols is 1. The van der Waals surface area contributed by atoms with Crippen molar-refractivity contribution in [3.8, 4) is 11.5 Å². The van der Waals surface area contributed by atoms with Gasteiger partial charge in [-0.25, -0.2) is 0 Å². The molecular formula is C39H52N4O4. The topological polar surface area (TPSA) is 134 Å². The number of nitrogens with zero attached hydrogens (tertiary/aromatic N) is 2. The zero-order valence-corrected chi connectivity index (χ0v) is 27.9. The summed E-state index contributed by atoms with van der Waals surface area (Å²) in [5.74, 6) is 0.523. The number of carbonyl (C=O) groups is 1. The van der Waals surface area contributed by atoms with Crippen LogP contribution in [0, 0.1) is 5.41 Å². The molecule has 6 N–H and O–H groups in total. The molecule has 2 heterocycles. The van der Waals surface area contributed by atoms with Crippen LogP contribution < -0.4 is 16.2 Å². The number of benzene rings is 2. The fraction of sp³-hybridized carbons (Fsp3) is 0.538. The maximum atomic E-state index is 12.5. The summed E-state index contributed by atoms with van der Waals surface area (Å²) >= 11 is 0. The molecule has 252 valence electrons. The minimum Gasteiger partial charge on any atom is -0.504 e. The summed E-state index contributed by atoms with van der Waals surface area (Å²) in [4.78, 5) is 19.5. The molecule has 0 saturated heterocycles. The van der Waals surface area contributed by atoms with Crippen LogP contribution in [0.1, 0.15) is 113 Å². The Morgan fingerprint density at radius 1 is 1.09 bits per heavy atom. The predicted octanol–water partition coefficient (Wildman–Crippen LogP) is 6.70. The average molecular weight is 641 g/mol. The molecule has 1 spiro atoms. The molecule has 0 unspecified atom stereocenters. The van der Waals surface area contributed by atoms with Gasteiger partial charge in [-0.05, 0) is 84.8 Å². The standard InChI is InChI=1S/C39H52N4O4/c1-2-3-4-10-30(44)21-31(45)13-11-27-12-14-35(46)36(19-27)47-26-43-23-32-33(22-42-34(32)24-43)39(18-17-38(25-39)15-5-6-16-38)29-9-7-8-28(20-29)37(40)41/h7-9,12,14,19-20,22-23,30,37,44,46H,2-6,10-11,13,15-18,21,24-26,40-41H2,1H3/t30-,39+/m1/s1. The molecular weight excluding hydrogens is 588 g/mol. The third-order valence-corrected chi connectivity index (χ3v) is 11.1. The van der Waals surface area contributed by atoms with Gasteiger partial charge in [0.05, 0.1) is 24.5 Å². The second kappa shape index (κ2) is 14.3. The van der Waals surface area contributed by atoms with Gasteiger partial charge in [-0.2, -0.15) is 0 Å². The molecule has 2 aromatic rings. The SMILES string of the molecule is CCCCC[C@@H](O)CC(=O)CCc1ccc(O)c(OCN2C=C3C([C@@]4(c5cccc(C(N)N)c5)CCC5(CCCC5)C4)=CN=C3C2)c1. The van der Waals surface area contributed by atoms with Crippen molar-refractivity contribution in [2.45, 2.75) is 114 Å². The van der Waals surface area contributed by atoms with Crippen LogP contribution in [0.2, 0.25) is 0 Å². The summed E-state index contributed by atoms with van der Waals surface area (Å²) in [6, 6.07) is 13.8. The van der Waals surface area contributed by atoms with E-state index in [1.165, 1.54) is 48.8 Å². The Kier molecular flexibility index (Phi) is 10.2. The highest BCUT2D eigenvalue weighted by molar-refractivity contribution is 6.10. The number of allylic oxidation sites excluding steroid dienone is 1. The first-order valence-corrected chi connectivity index (χ1v) is 17.7. The van der Waals surface area contributed by atoms with Gasteiger partial charge in [0.25, 0.3) is 0 Å². The Morgan fingerprint density at radius 2 is 1.91 bits per heavy atom. The van der Waals surface area contributed by atoms with Gasteiger partial charge >= 0.3 is 0 Å². The monoisotopic (exact) mass is 640 g/mol. The van der Waals surface area contributed by atoms with E-state index < -0.39 is 12.3 Å². The molecule has 2 aromatic carbocycles. The largest absolute Gasteiger partial charge is 0.504 e. The summed E-state index contributed by atoms with van der Waals surface area (Å²) in [6.45, 7) is 3.03. The zero-order valence-electron chi connectivity index (χ0n) is 27.9. The Morgan fingerprint density at radius 3 is 2.70 bits per heavy atom. The van der Waals surface area contributed by atoms with Crippen molar-refractivity contribution in [2.24, 2.45) is 21.9 Å². The number of hydrogen-bond donors (Lipinski definition) is 4. The van der Waals surface area contributed by atoms with Crippen LogP contribution >= 0.6 is 0 Å².